The van der Waals surface area contributed by atoms with Gasteiger partial charge in [0, 0.05) is 24.9 Å². The number of fused-ring (bicyclic) bond motifs is 1. The summed E-state index contributed by atoms with van der Waals surface area (Å²) in [6.45, 7) is 4.57. The number of hydrogen-bond donors (Lipinski definition) is 0. The summed E-state index contributed by atoms with van der Waals surface area (Å²) >= 11 is 0. The molecule has 1 aromatic carbocycles. The van der Waals surface area contributed by atoms with E-state index >= 15 is 0 Å². The average Bonchev–Trinajstić information content (AvgIpc) is 3.41. The summed E-state index contributed by atoms with van der Waals surface area (Å²) < 4.78 is 44.6. The Labute approximate surface area is 188 Å². The maximum atomic E-state index is 13.8. The van der Waals surface area contributed by atoms with Crippen LogP contribution in [0.25, 0.3) is 18.0 Å². The molecule has 3 aromatic heterocycles. The molecule has 9 heteroatoms. The van der Waals surface area contributed by atoms with Crippen molar-refractivity contribution < 1.29 is 13.2 Å². The highest BCUT2D eigenvalue weighted by molar-refractivity contribution is 5.67. The van der Waals surface area contributed by atoms with Gasteiger partial charge in [-0.1, -0.05) is 0 Å². The number of rotatable bonds is 4. The Kier molecular flexibility index (Phi) is 5.32. The van der Waals surface area contributed by atoms with Crippen molar-refractivity contribution in [1.82, 2.24) is 29.3 Å². The van der Waals surface area contributed by atoms with E-state index in [1.165, 1.54) is 0 Å². The van der Waals surface area contributed by atoms with Crippen LogP contribution in [0.15, 0.2) is 36.9 Å². The number of nitrogens with zero attached hydrogens (tertiary/aromatic N) is 6. The number of aromatic nitrogens is 6. The largest absolute Gasteiger partial charge is 0.290 e. The van der Waals surface area contributed by atoms with Crippen molar-refractivity contribution in [3.63, 3.8) is 0 Å². The molecule has 0 amide bonds. The smallest absolute Gasteiger partial charge is 0.194 e. The lowest BCUT2D eigenvalue weighted by Gasteiger charge is -2.22. The topological polar surface area (TPSA) is 61.4 Å². The summed E-state index contributed by atoms with van der Waals surface area (Å²) in [5, 5.41) is 4.52. The number of halogens is 3. The average molecular weight is 450 g/mol. The SMILES string of the molecule is Cc1cn(-c2ncc(/C=C/c3nc4n(n3)CCC[C@H]4c3cc(F)c(F)c(F)c3)cc2C)cn1. The van der Waals surface area contributed by atoms with Gasteiger partial charge in [0.2, 0.25) is 0 Å². The minimum atomic E-state index is -1.46. The summed E-state index contributed by atoms with van der Waals surface area (Å²) in [6, 6.07) is 4.10. The highest BCUT2D eigenvalue weighted by atomic mass is 19.2. The molecule has 6 nitrogen and oxygen atoms in total. The molecule has 0 spiro atoms. The minimum absolute atomic E-state index is 0.347. The zero-order chi connectivity index (χ0) is 23.1. The Morgan fingerprint density at radius 3 is 2.52 bits per heavy atom. The van der Waals surface area contributed by atoms with Gasteiger partial charge in [0.15, 0.2) is 23.3 Å². The van der Waals surface area contributed by atoms with Crippen LogP contribution >= 0.6 is 0 Å². The molecule has 0 fully saturated rings. The number of hydrogen-bond acceptors (Lipinski definition) is 4. The van der Waals surface area contributed by atoms with Gasteiger partial charge in [-0.25, -0.2) is 32.8 Å². The molecule has 33 heavy (non-hydrogen) atoms. The van der Waals surface area contributed by atoms with E-state index in [1.54, 1.807) is 23.3 Å². The van der Waals surface area contributed by atoms with E-state index < -0.39 is 17.5 Å². The quantitative estimate of drug-likeness (QED) is 0.411. The Morgan fingerprint density at radius 1 is 1.03 bits per heavy atom. The lowest BCUT2D eigenvalue weighted by atomic mass is 9.91. The Balaban J connectivity index is 1.40. The Morgan fingerprint density at radius 2 is 1.82 bits per heavy atom. The van der Waals surface area contributed by atoms with Gasteiger partial charge < -0.3 is 0 Å². The van der Waals surface area contributed by atoms with Crippen molar-refractivity contribution in [1.29, 1.82) is 0 Å². The van der Waals surface area contributed by atoms with Gasteiger partial charge in [-0.2, -0.15) is 5.10 Å². The highest BCUT2D eigenvalue weighted by Gasteiger charge is 2.27. The third kappa shape index (κ3) is 4.06. The lowest BCUT2D eigenvalue weighted by molar-refractivity contribution is 0.427. The van der Waals surface area contributed by atoms with E-state index in [1.807, 2.05) is 36.8 Å². The molecule has 4 heterocycles. The summed E-state index contributed by atoms with van der Waals surface area (Å²) in [5.41, 5.74) is 3.16. The normalized spacial score (nSPS) is 15.8. The molecule has 168 valence electrons. The fraction of sp³-hybridized carbons (Fsp3) is 0.250. The lowest BCUT2D eigenvalue weighted by Crippen LogP contribution is -2.18. The number of imidazole rings is 1. The van der Waals surface area contributed by atoms with Crippen LogP contribution in [0.3, 0.4) is 0 Å². The number of aryl methyl sites for hydroxylation is 3. The number of benzene rings is 1. The molecule has 0 saturated carbocycles. The van der Waals surface area contributed by atoms with Crippen LogP contribution in [0.5, 0.6) is 0 Å². The van der Waals surface area contributed by atoms with E-state index in [9.17, 15) is 13.2 Å². The van der Waals surface area contributed by atoms with E-state index in [4.69, 9.17) is 0 Å². The fourth-order valence-corrected chi connectivity index (χ4v) is 4.19. The maximum Gasteiger partial charge on any atom is 0.194 e. The second kappa shape index (κ2) is 8.31. The zero-order valence-corrected chi connectivity index (χ0v) is 18.1. The van der Waals surface area contributed by atoms with Crippen LogP contribution in [0.2, 0.25) is 0 Å². The van der Waals surface area contributed by atoms with Crippen molar-refractivity contribution in [2.75, 3.05) is 0 Å². The third-order valence-corrected chi connectivity index (χ3v) is 5.75. The molecule has 0 unspecified atom stereocenters. The first-order chi connectivity index (χ1) is 15.9. The van der Waals surface area contributed by atoms with Crippen molar-refractivity contribution in [3.8, 4) is 5.82 Å². The van der Waals surface area contributed by atoms with Crippen LogP contribution < -0.4 is 0 Å². The molecule has 0 radical (unpaired) electrons. The molecule has 0 N–H and O–H groups in total. The molecule has 0 bridgehead atoms. The van der Waals surface area contributed by atoms with Crippen molar-refractivity contribution >= 4 is 12.2 Å². The molecular weight excluding hydrogens is 429 g/mol. The first kappa shape index (κ1) is 21.1. The van der Waals surface area contributed by atoms with E-state index in [0.29, 0.717) is 30.2 Å². The fourth-order valence-electron chi connectivity index (χ4n) is 4.19. The molecule has 5 rings (SSSR count). The molecule has 1 aliphatic rings. The monoisotopic (exact) mass is 450 g/mol. The Bertz CT molecular complexity index is 1350. The van der Waals surface area contributed by atoms with Crippen LogP contribution in [-0.2, 0) is 6.54 Å². The predicted octanol–water partition coefficient (Wildman–Crippen LogP) is 4.99. The third-order valence-electron chi connectivity index (χ3n) is 5.75. The molecule has 0 saturated heterocycles. The minimum Gasteiger partial charge on any atom is -0.290 e. The van der Waals surface area contributed by atoms with Crippen molar-refractivity contribution in [2.24, 2.45) is 0 Å². The van der Waals surface area contributed by atoms with Crippen molar-refractivity contribution in [3.05, 3.63) is 88.4 Å². The first-order valence-electron chi connectivity index (χ1n) is 10.6. The summed E-state index contributed by atoms with van der Waals surface area (Å²) in [6.07, 6.45) is 10.5. The van der Waals surface area contributed by atoms with Crippen LogP contribution in [-0.4, -0.2) is 29.3 Å². The molecular formula is C24H21F3N6. The molecule has 0 aliphatic carbocycles. The summed E-state index contributed by atoms with van der Waals surface area (Å²) in [5.74, 6) is -2.28. The first-order valence-corrected chi connectivity index (χ1v) is 10.6. The van der Waals surface area contributed by atoms with Crippen molar-refractivity contribution in [2.45, 2.75) is 39.2 Å². The summed E-state index contributed by atoms with van der Waals surface area (Å²) in [4.78, 5) is 13.4. The van der Waals surface area contributed by atoms with E-state index in [0.717, 1.165) is 41.2 Å². The van der Waals surface area contributed by atoms with Crippen LogP contribution in [0, 0.1) is 31.3 Å². The standard InChI is InChI=1S/C24H21F3N6/c1-14-8-16(11-28-23(14)32-12-15(2)29-13-32)5-6-21-30-24-18(4-3-7-33(24)31-21)17-9-19(25)22(27)20(26)10-17/h5-6,8-13,18H,3-4,7H2,1-2H3/b6-5+/t18-/m0/s1. The van der Waals surface area contributed by atoms with Crippen LogP contribution in [0.1, 0.15) is 52.8 Å². The van der Waals surface area contributed by atoms with E-state index in [-0.39, 0.29) is 5.92 Å². The highest BCUT2D eigenvalue weighted by Crippen LogP contribution is 2.33. The van der Waals surface area contributed by atoms with Gasteiger partial charge in [0.1, 0.15) is 18.0 Å². The molecule has 4 aromatic rings. The molecule has 1 atom stereocenters. The van der Waals surface area contributed by atoms with E-state index in [2.05, 4.69) is 20.1 Å². The second-order valence-corrected chi connectivity index (χ2v) is 8.21. The summed E-state index contributed by atoms with van der Waals surface area (Å²) in [7, 11) is 0. The molecule has 1 aliphatic heterocycles. The van der Waals surface area contributed by atoms with Gasteiger partial charge in [-0.3, -0.25) is 4.57 Å². The predicted molar refractivity (Wildman–Crippen MR) is 117 cm³/mol. The zero-order valence-electron chi connectivity index (χ0n) is 18.1. The maximum absolute atomic E-state index is 13.8. The van der Waals surface area contributed by atoms with Gasteiger partial charge >= 0.3 is 0 Å². The second-order valence-electron chi connectivity index (χ2n) is 8.21. The Hall–Kier alpha value is -3.75. The number of pyridine rings is 1. The van der Waals surface area contributed by atoms with Gasteiger partial charge in [-0.15, -0.1) is 0 Å². The van der Waals surface area contributed by atoms with Gasteiger partial charge in [-0.05, 0) is 73.7 Å². The van der Waals surface area contributed by atoms with Gasteiger partial charge in [0.05, 0.1) is 5.69 Å². The van der Waals surface area contributed by atoms with Gasteiger partial charge in [0.25, 0.3) is 0 Å². The van der Waals surface area contributed by atoms with Crippen LogP contribution in [0.4, 0.5) is 13.2 Å².